The lowest BCUT2D eigenvalue weighted by Gasteiger charge is -2.24. The number of carbonyl (C=O) groups excluding carboxylic acids is 3. The Morgan fingerprint density at radius 1 is 1.00 bits per heavy atom. The molecule has 25 heavy (non-hydrogen) atoms. The number of hydrogen-bond donors (Lipinski definition) is 1. The van der Waals surface area contributed by atoms with Gasteiger partial charge in [0.2, 0.25) is 11.8 Å². The predicted molar refractivity (Wildman–Crippen MR) is 96.3 cm³/mol. The van der Waals surface area contributed by atoms with Gasteiger partial charge in [-0.25, -0.2) is 0 Å². The van der Waals surface area contributed by atoms with Crippen LogP contribution in [-0.2, 0) is 14.4 Å². The summed E-state index contributed by atoms with van der Waals surface area (Å²) in [5.41, 5.74) is 1.43. The van der Waals surface area contributed by atoms with E-state index >= 15 is 0 Å². The van der Waals surface area contributed by atoms with Gasteiger partial charge >= 0.3 is 5.97 Å². The summed E-state index contributed by atoms with van der Waals surface area (Å²) in [6.07, 6.45) is 0. The number of ether oxygens (including phenoxy) is 1. The highest BCUT2D eigenvalue weighted by atomic mass is 35.5. The maximum absolute atomic E-state index is 12.2. The minimum atomic E-state index is -0.432. The summed E-state index contributed by atoms with van der Waals surface area (Å²) in [6.45, 7) is 4.09. The molecule has 0 aliphatic rings. The van der Waals surface area contributed by atoms with Gasteiger partial charge in [-0.15, -0.1) is 0 Å². The van der Waals surface area contributed by atoms with Gasteiger partial charge in [0.05, 0.1) is 11.4 Å². The normalized spacial score (nSPS) is 10.1. The van der Waals surface area contributed by atoms with Crippen LogP contribution in [0.1, 0.15) is 20.8 Å². The Bertz CT molecular complexity index is 818. The van der Waals surface area contributed by atoms with E-state index in [0.29, 0.717) is 27.8 Å². The van der Waals surface area contributed by atoms with Crippen LogP contribution in [0.2, 0.25) is 5.02 Å². The quantitative estimate of drug-likeness (QED) is 0.662. The van der Waals surface area contributed by atoms with Gasteiger partial charge in [0, 0.05) is 31.5 Å². The number of anilines is 3. The van der Waals surface area contributed by atoms with Gasteiger partial charge in [0.1, 0.15) is 5.75 Å². The largest absolute Gasteiger partial charge is 0.427 e. The molecule has 0 atom stereocenters. The van der Waals surface area contributed by atoms with E-state index in [1.807, 2.05) is 0 Å². The molecular weight excluding hydrogens is 344 g/mol. The summed E-state index contributed by atoms with van der Waals surface area (Å²) >= 11 is 6.06. The second-order valence-corrected chi connectivity index (χ2v) is 5.72. The van der Waals surface area contributed by atoms with Crippen molar-refractivity contribution >= 4 is 46.4 Å². The van der Waals surface area contributed by atoms with Crippen LogP contribution in [0.3, 0.4) is 0 Å². The molecule has 0 fully saturated rings. The van der Waals surface area contributed by atoms with Crippen LogP contribution in [0.4, 0.5) is 17.1 Å². The third kappa shape index (κ3) is 4.81. The molecule has 2 aromatic rings. The molecule has 130 valence electrons. The van der Waals surface area contributed by atoms with Crippen LogP contribution in [0.25, 0.3) is 0 Å². The Balaban J connectivity index is 2.48. The first-order chi connectivity index (χ1) is 11.8. The van der Waals surface area contributed by atoms with Gasteiger partial charge < -0.3 is 10.1 Å². The standard InChI is InChI=1S/C18H17ClN2O4/c1-11(22)20-17-9-4-14(19)10-18(17)21(12(2)23)15-5-7-16(8-6-15)25-13(3)24/h4-10H,1-3H3,(H,20,22). The van der Waals surface area contributed by atoms with Crippen molar-refractivity contribution in [3.63, 3.8) is 0 Å². The van der Waals surface area contributed by atoms with Crippen molar-refractivity contribution in [2.75, 3.05) is 10.2 Å². The lowest BCUT2D eigenvalue weighted by Crippen LogP contribution is -2.24. The van der Waals surface area contributed by atoms with E-state index in [0.717, 1.165) is 0 Å². The third-order valence-electron chi connectivity index (χ3n) is 3.18. The van der Waals surface area contributed by atoms with E-state index in [1.54, 1.807) is 42.5 Å². The summed E-state index contributed by atoms with van der Waals surface area (Å²) in [6, 6.07) is 11.3. The Kier molecular flexibility index (Phi) is 5.77. The van der Waals surface area contributed by atoms with Gasteiger partial charge in [-0.2, -0.15) is 0 Å². The number of carbonyl (C=O) groups is 3. The maximum Gasteiger partial charge on any atom is 0.308 e. The fourth-order valence-electron chi connectivity index (χ4n) is 2.30. The zero-order valence-corrected chi connectivity index (χ0v) is 14.8. The molecule has 0 aliphatic carbocycles. The highest BCUT2D eigenvalue weighted by Gasteiger charge is 2.19. The SMILES string of the molecule is CC(=O)Nc1ccc(Cl)cc1N(C(C)=O)c1ccc(OC(C)=O)cc1. The van der Waals surface area contributed by atoms with Crippen LogP contribution in [0.15, 0.2) is 42.5 Å². The molecule has 2 rings (SSSR count). The lowest BCUT2D eigenvalue weighted by atomic mass is 10.2. The highest BCUT2D eigenvalue weighted by molar-refractivity contribution is 6.31. The number of halogens is 1. The molecule has 0 aliphatic heterocycles. The Morgan fingerprint density at radius 2 is 1.64 bits per heavy atom. The molecule has 1 N–H and O–H groups in total. The summed E-state index contributed by atoms with van der Waals surface area (Å²) in [5, 5.41) is 3.11. The van der Waals surface area contributed by atoms with Gasteiger partial charge in [0.25, 0.3) is 0 Å². The first kappa shape index (κ1) is 18.5. The fraction of sp³-hybridized carbons (Fsp3) is 0.167. The number of amides is 2. The average molecular weight is 361 g/mol. The van der Waals surface area contributed by atoms with Gasteiger partial charge in [-0.1, -0.05) is 11.6 Å². The molecule has 2 aromatic carbocycles. The molecule has 6 nitrogen and oxygen atoms in total. The van der Waals surface area contributed by atoms with Crippen molar-refractivity contribution in [3.05, 3.63) is 47.5 Å². The number of esters is 1. The Morgan fingerprint density at radius 3 is 2.16 bits per heavy atom. The van der Waals surface area contributed by atoms with E-state index in [9.17, 15) is 14.4 Å². The van der Waals surface area contributed by atoms with Crippen LogP contribution >= 0.6 is 11.6 Å². The van der Waals surface area contributed by atoms with Crippen molar-refractivity contribution in [2.24, 2.45) is 0 Å². The molecule has 0 saturated carbocycles. The van der Waals surface area contributed by atoms with E-state index in [2.05, 4.69) is 5.32 Å². The van der Waals surface area contributed by atoms with Crippen molar-refractivity contribution in [1.82, 2.24) is 0 Å². The summed E-state index contributed by atoms with van der Waals surface area (Å²) in [4.78, 5) is 36.1. The molecule has 0 unspecified atom stereocenters. The topological polar surface area (TPSA) is 75.7 Å². The molecule has 0 radical (unpaired) electrons. The van der Waals surface area contributed by atoms with Gasteiger partial charge in [0.15, 0.2) is 0 Å². The van der Waals surface area contributed by atoms with Gasteiger partial charge in [-0.05, 0) is 42.5 Å². The maximum atomic E-state index is 12.2. The molecule has 0 heterocycles. The van der Waals surface area contributed by atoms with Crippen molar-refractivity contribution in [3.8, 4) is 5.75 Å². The first-order valence-corrected chi connectivity index (χ1v) is 7.82. The average Bonchev–Trinajstić information content (AvgIpc) is 2.50. The van der Waals surface area contributed by atoms with Gasteiger partial charge in [-0.3, -0.25) is 19.3 Å². The number of nitrogens with zero attached hydrogens (tertiary/aromatic N) is 1. The van der Waals surface area contributed by atoms with E-state index in [4.69, 9.17) is 16.3 Å². The third-order valence-corrected chi connectivity index (χ3v) is 3.42. The molecule has 0 aromatic heterocycles. The zero-order valence-electron chi connectivity index (χ0n) is 14.0. The molecule has 7 heteroatoms. The molecular formula is C18H17ClN2O4. The van der Waals surface area contributed by atoms with Crippen LogP contribution in [0.5, 0.6) is 5.75 Å². The molecule has 0 saturated heterocycles. The second-order valence-electron chi connectivity index (χ2n) is 5.28. The Hall–Kier alpha value is -2.86. The number of hydrogen-bond acceptors (Lipinski definition) is 4. The lowest BCUT2D eigenvalue weighted by molar-refractivity contribution is -0.132. The fourth-order valence-corrected chi connectivity index (χ4v) is 2.47. The first-order valence-electron chi connectivity index (χ1n) is 7.44. The summed E-state index contributed by atoms with van der Waals surface area (Å²) < 4.78 is 4.99. The number of benzene rings is 2. The van der Waals surface area contributed by atoms with Crippen LogP contribution in [0, 0.1) is 0 Å². The smallest absolute Gasteiger partial charge is 0.308 e. The Labute approximate surface area is 150 Å². The van der Waals surface area contributed by atoms with E-state index in [-0.39, 0.29) is 11.8 Å². The zero-order chi connectivity index (χ0) is 18.6. The minimum absolute atomic E-state index is 0.266. The summed E-state index contributed by atoms with van der Waals surface area (Å²) in [5.74, 6) is -0.599. The second kappa shape index (κ2) is 7.81. The monoisotopic (exact) mass is 360 g/mol. The minimum Gasteiger partial charge on any atom is -0.427 e. The van der Waals surface area contributed by atoms with E-state index in [1.165, 1.54) is 25.7 Å². The highest BCUT2D eigenvalue weighted by Crippen LogP contribution is 2.35. The number of nitrogens with one attached hydrogen (secondary N) is 1. The predicted octanol–water partition coefficient (Wildman–Crippen LogP) is 3.91. The molecule has 0 bridgehead atoms. The van der Waals surface area contributed by atoms with E-state index < -0.39 is 5.97 Å². The van der Waals surface area contributed by atoms with Crippen LogP contribution in [-0.4, -0.2) is 17.8 Å². The van der Waals surface area contributed by atoms with Crippen LogP contribution < -0.4 is 15.0 Å². The van der Waals surface area contributed by atoms with Crippen molar-refractivity contribution in [1.29, 1.82) is 0 Å². The molecule has 2 amide bonds. The number of rotatable bonds is 4. The summed E-state index contributed by atoms with van der Waals surface area (Å²) in [7, 11) is 0. The van der Waals surface area contributed by atoms with Crippen molar-refractivity contribution < 1.29 is 19.1 Å². The van der Waals surface area contributed by atoms with Crippen molar-refractivity contribution in [2.45, 2.75) is 20.8 Å². The molecule has 0 spiro atoms.